The lowest BCUT2D eigenvalue weighted by Crippen LogP contribution is -2.39. The normalized spacial score (nSPS) is 16.2. The molecule has 0 aromatic rings. The Balaban J connectivity index is 2.32. The molecule has 0 spiro atoms. The summed E-state index contributed by atoms with van der Waals surface area (Å²) in [4.78, 5) is 21.9. The van der Waals surface area contributed by atoms with E-state index in [4.69, 9.17) is 0 Å². The molecule has 0 heterocycles. The Morgan fingerprint density at radius 1 is 1.43 bits per heavy atom. The van der Waals surface area contributed by atoms with Crippen molar-refractivity contribution in [2.75, 3.05) is 13.7 Å². The van der Waals surface area contributed by atoms with Crippen molar-refractivity contribution in [1.29, 1.82) is 0 Å². The summed E-state index contributed by atoms with van der Waals surface area (Å²) in [5.74, 6) is -0.793. The second kappa shape index (κ2) is 3.98. The molecule has 0 atom stereocenters. The maximum Gasteiger partial charge on any atom is 0.396 e. The van der Waals surface area contributed by atoms with Gasteiger partial charge in [0.25, 0.3) is 0 Å². The van der Waals surface area contributed by atoms with Crippen LogP contribution in [0.4, 0.5) is 0 Å². The number of amides is 1. The average Bonchev–Trinajstić information content (AvgIpc) is 2.96. The van der Waals surface area contributed by atoms with Crippen LogP contribution in [0.3, 0.4) is 0 Å². The summed E-state index contributed by atoms with van der Waals surface area (Å²) >= 11 is 0. The fourth-order valence-electron chi connectivity index (χ4n) is 1.48. The zero-order chi connectivity index (χ0) is 10.8. The standard InChI is InChI=1S/C10H17NO3/c1-10(2,7-4-5-7)6-11-8(12)9(13)14-3/h7H,4-6H2,1-3H3,(H,11,12). The van der Waals surface area contributed by atoms with Crippen LogP contribution in [0.1, 0.15) is 26.7 Å². The number of methoxy groups -OCH3 is 1. The highest BCUT2D eigenvalue weighted by Gasteiger charge is 2.38. The number of carbonyl (C=O) groups excluding carboxylic acids is 2. The molecule has 0 aromatic heterocycles. The highest BCUT2D eigenvalue weighted by molar-refractivity contribution is 6.32. The van der Waals surface area contributed by atoms with Gasteiger partial charge in [0.05, 0.1) is 7.11 Å². The third-order valence-corrected chi connectivity index (χ3v) is 2.76. The zero-order valence-corrected chi connectivity index (χ0v) is 8.92. The van der Waals surface area contributed by atoms with Crippen LogP contribution in [-0.2, 0) is 14.3 Å². The number of nitrogens with one attached hydrogen (secondary N) is 1. The molecule has 1 saturated carbocycles. The predicted molar refractivity (Wildman–Crippen MR) is 51.5 cm³/mol. The van der Waals surface area contributed by atoms with Gasteiger partial charge < -0.3 is 10.1 Å². The molecule has 1 N–H and O–H groups in total. The second-order valence-corrected chi connectivity index (χ2v) is 4.44. The number of rotatable bonds is 3. The molecule has 0 radical (unpaired) electrons. The van der Waals surface area contributed by atoms with Crippen molar-refractivity contribution in [3.63, 3.8) is 0 Å². The molecule has 4 heteroatoms. The molecule has 80 valence electrons. The quantitative estimate of drug-likeness (QED) is 0.538. The Morgan fingerprint density at radius 2 is 2.00 bits per heavy atom. The molecule has 0 unspecified atom stereocenters. The van der Waals surface area contributed by atoms with Gasteiger partial charge in [0.15, 0.2) is 0 Å². The number of esters is 1. The first-order valence-corrected chi connectivity index (χ1v) is 4.83. The SMILES string of the molecule is COC(=O)C(=O)NCC(C)(C)C1CC1. The highest BCUT2D eigenvalue weighted by atomic mass is 16.5. The van der Waals surface area contributed by atoms with Gasteiger partial charge in [-0.2, -0.15) is 0 Å². The monoisotopic (exact) mass is 199 g/mol. The number of hydrogen-bond acceptors (Lipinski definition) is 3. The van der Waals surface area contributed by atoms with Gasteiger partial charge in [-0.25, -0.2) is 4.79 Å². The van der Waals surface area contributed by atoms with Crippen LogP contribution >= 0.6 is 0 Å². The van der Waals surface area contributed by atoms with E-state index in [-0.39, 0.29) is 5.41 Å². The fourth-order valence-corrected chi connectivity index (χ4v) is 1.48. The lowest BCUT2D eigenvalue weighted by molar-refractivity contribution is -0.152. The summed E-state index contributed by atoms with van der Waals surface area (Å²) in [5.41, 5.74) is 0.0870. The van der Waals surface area contributed by atoms with Crippen molar-refractivity contribution in [2.45, 2.75) is 26.7 Å². The maximum atomic E-state index is 11.1. The summed E-state index contributed by atoms with van der Waals surface area (Å²) in [6.45, 7) is 4.73. The molecule has 0 bridgehead atoms. The number of ether oxygens (including phenoxy) is 1. The van der Waals surface area contributed by atoms with Gasteiger partial charge in [-0.05, 0) is 24.2 Å². The molecule has 0 aromatic carbocycles. The lowest BCUT2D eigenvalue weighted by Gasteiger charge is -2.24. The van der Waals surface area contributed by atoms with Crippen LogP contribution in [0.2, 0.25) is 0 Å². The van der Waals surface area contributed by atoms with Gasteiger partial charge >= 0.3 is 11.9 Å². The van der Waals surface area contributed by atoms with E-state index in [1.165, 1.54) is 20.0 Å². The third-order valence-electron chi connectivity index (χ3n) is 2.76. The van der Waals surface area contributed by atoms with Gasteiger partial charge in [0, 0.05) is 6.54 Å². The summed E-state index contributed by atoms with van der Waals surface area (Å²) in [5, 5.41) is 2.58. The van der Waals surface area contributed by atoms with E-state index in [1.54, 1.807) is 0 Å². The van der Waals surface area contributed by atoms with E-state index in [0.717, 1.165) is 0 Å². The molecule has 0 aliphatic heterocycles. The van der Waals surface area contributed by atoms with Gasteiger partial charge in [0.2, 0.25) is 0 Å². The minimum absolute atomic E-state index is 0.0870. The largest absolute Gasteiger partial charge is 0.462 e. The van der Waals surface area contributed by atoms with Crippen molar-refractivity contribution in [3.05, 3.63) is 0 Å². The zero-order valence-electron chi connectivity index (χ0n) is 8.92. The summed E-state index contributed by atoms with van der Waals surface area (Å²) in [7, 11) is 1.20. The second-order valence-electron chi connectivity index (χ2n) is 4.44. The van der Waals surface area contributed by atoms with Crippen LogP contribution < -0.4 is 5.32 Å². The van der Waals surface area contributed by atoms with Crippen molar-refractivity contribution >= 4 is 11.9 Å². The molecule has 4 nitrogen and oxygen atoms in total. The number of hydrogen-bond donors (Lipinski definition) is 1. The molecule has 1 fully saturated rings. The predicted octanol–water partition coefficient (Wildman–Crippen LogP) is 0.712. The van der Waals surface area contributed by atoms with Crippen LogP contribution in [0.5, 0.6) is 0 Å². The Morgan fingerprint density at radius 3 is 2.43 bits per heavy atom. The minimum Gasteiger partial charge on any atom is -0.462 e. The summed E-state index contributed by atoms with van der Waals surface area (Å²) in [6.07, 6.45) is 2.45. The van der Waals surface area contributed by atoms with Gasteiger partial charge in [-0.3, -0.25) is 4.79 Å². The van der Waals surface area contributed by atoms with Crippen LogP contribution in [-0.4, -0.2) is 25.5 Å². The molecular formula is C10H17NO3. The first kappa shape index (κ1) is 11.0. The molecule has 1 rings (SSSR count). The van der Waals surface area contributed by atoms with E-state index in [9.17, 15) is 9.59 Å². The lowest BCUT2D eigenvalue weighted by atomic mass is 9.87. The van der Waals surface area contributed by atoms with Crippen LogP contribution in [0.25, 0.3) is 0 Å². The van der Waals surface area contributed by atoms with E-state index >= 15 is 0 Å². The Kier molecular flexibility index (Phi) is 3.13. The molecule has 1 aliphatic rings. The smallest absolute Gasteiger partial charge is 0.396 e. The third kappa shape index (κ3) is 2.72. The highest BCUT2D eigenvalue weighted by Crippen LogP contribution is 2.44. The summed E-state index contributed by atoms with van der Waals surface area (Å²) < 4.78 is 4.30. The first-order valence-electron chi connectivity index (χ1n) is 4.83. The topological polar surface area (TPSA) is 55.4 Å². The van der Waals surface area contributed by atoms with Crippen LogP contribution in [0.15, 0.2) is 0 Å². The minimum atomic E-state index is -0.823. The first-order chi connectivity index (χ1) is 6.47. The maximum absolute atomic E-state index is 11.1. The van der Waals surface area contributed by atoms with Crippen molar-refractivity contribution < 1.29 is 14.3 Å². The Labute approximate surface area is 84.0 Å². The van der Waals surface area contributed by atoms with E-state index in [1.807, 2.05) is 0 Å². The van der Waals surface area contributed by atoms with Crippen molar-refractivity contribution in [2.24, 2.45) is 11.3 Å². The molecular weight excluding hydrogens is 182 g/mol. The van der Waals surface area contributed by atoms with Crippen molar-refractivity contribution in [3.8, 4) is 0 Å². The van der Waals surface area contributed by atoms with Crippen molar-refractivity contribution in [1.82, 2.24) is 5.32 Å². The molecule has 0 saturated heterocycles. The van der Waals surface area contributed by atoms with Crippen LogP contribution in [0, 0.1) is 11.3 Å². The van der Waals surface area contributed by atoms with Gasteiger partial charge in [-0.1, -0.05) is 13.8 Å². The average molecular weight is 199 g/mol. The van der Waals surface area contributed by atoms with Gasteiger partial charge in [0.1, 0.15) is 0 Å². The fraction of sp³-hybridized carbons (Fsp3) is 0.800. The Bertz CT molecular complexity index is 244. The molecule has 1 aliphatic carbocycles. The van der Waals surface area contributed by atoms with E-state index in [0.29, 0.717) is 12.5 Å². The molecule has 14 heavy (non-hydrogen) atoms. The van der Waals surface area contributed by atoms with Gasteiger partial charge in [-0.15, -0.1) is 0 Å². The summed E-state index contributed by atoms with van der Waals surface area (Å²) in [6, 6.07) is 0. The Hall–Kier alpha value is -1.06. The molecule has 1 amide bonds. The number of carbonyl (C=O) groups is 2. The van der Waals surface area contributed by atoms with E-state index < -0.39 is 11.9 Å². The van der Waals surface area contributed by atoms with E-state index in [2.05, 4.69) is 23.9 Å².